The van der Waals surface area contributed by atoms with Gasteiger partial charge in [-0.15, -0.1) is 0 Å². The van der Waals surface area contributed by atoms with Crippen molar-refractivity contribution in [2.45, 2.75) is 51.4 Å². The fourth-order valence-electron chi connectivity index (χ4n) is 3.40. The number of ether oxygens (including phenoxy) is 5. The number of allylic oxidation sites excluding steroid dienone is 1. The van der Waals surface area contributed by atoms with E-state index in [4.69, 9.17) is 23.7 Å². The van der Waals surface area contributed by atoms with Gasteiger partial charge in [-0.2, -0.15) is 0 Å². The largest absolute Gasteiger partial charge is 0.388 e. The summed E-state index contributed by atoms with van der Waals surface area (Å²) in [5.74, 6) is 0.508. The molecule has 1 rings (SSSR count). The molecule has 0 saturated heterocycles. The van der Waals surface area contributed by atoms with Gasteiger partial charge in [-0.1, -0.05) is 62.2 Å². The first kappa shape index (κ1) is 28.7. The first-order chi connectivity index (χ1) is 15.6. The van der Waals surface area contributed by atoms with Crippen molar-refractivity contribution in [3.05, 3.63) is 48.0 Å². The molecule has 184 valence electrons. The van der Waals surface area contributed by atoms with E-state index in [1.165, 1.54) is 12.7 Å². The first-order valence-corrected chi connectivity index (χ1v) is 11.4. The molecule has 2 N–H and O–H groups in total. The van der Waals surface area contributed by atoms with Gasteiger partial charge in [0.15, 0.2) is 0 Å². The molecule has 0 amide bonds. The zero-order valence-corrected chi connectivity index (χ0v) is 19.9. The average Bonchev–Trinajstić information content (AvgIpc) is 2.82. The van der Waals surface area contributed by atoms with E-state index in [1.54, 1.807) is 13.2 Å². The summed E-state index contributed by atoms with van der Waals surface area (Å²) in [6, 6.07) is 10.2. The molecule has 0 aromatic heterocycles. The van der Waals surface area contributed by atoms with Crippen molar-refractivity contribution in [3.8, 4) is 0 Å². The number of methoxy groups -OCH3 is 2. The van der Waals surface area contributed by atoms with Crippen molar-refractivity contribution in [3.63, 3.8) is 0 Å². The minimum Gasteiger partial charge on any atom is -0.388 e. The predicted octanol–water partition coefficient (Wildman–Crippen LogP) is 3.53. The van der Waals surface area contributed by atoms with Gasteiger partial charge in [0.25, 0.3) is 0 Å². The second kappa shape index (κ2) is 19.2. The third-order valence-electron chi connectivity index (χ3n) is 5.29. The Labute approximate surface area is 193 Å². The molecule has 0 saturated carbocycles. The van der Waals surface area contributed by atoms with Gasteiger partial charge in [-0.25, -0.2) is 0 Å². The summed E-state index contributed by atoms with van der Waals surface area (Å²) in [4.78, 5) is 0. The van der Waals surface area contributed by atoms with Gasteiger partial charge in [0, 0.05) is 20.8 Å². The smallest absolute Gasteiger partial charge is 0.146 e. The number of hydrogen-bond donors (Lipinski definition) is 2. The first-order valence-electron chi connectivity index (χ1n) is 11.4. The lowest BCUT2D eigenvalue weighted by molar-refractivity contribution is -0.0811. The van der Waals surface area contributed by atoms with E-state index >= 15 is 0 Å². The lowest BCUT2D eigenvalue weighted by Gasteiger charge is -2.24. The molecule has 0 aliphatic carbocycles. The van der Waals surface area contributed by atoms with Crippen molar-refractivity contribution in [2.75, 3.05) is 47.6 Å². The molecule has 0 bridgehead atoms. The molecule has 0 heterocycles. The highest BCUT2D eigenvalue weighted by atomic mass is 16.7. The Morgan fingerprint density at radius 3 is 2.22 bits per heavy atom. The highest BCUT2D eigenvalue weighted by Crippen LogP contribution is 2.24. The molecule has 32 heavy (non-hydrogen) atoms. The van der Waals surface area contributed by atoms with Gasteiger partial charge in [0.1, 0.15) is 25.8 Å². The molecule has 1 aromatic rings. The molecule has 0 fully saturated rings. The fraction of sp³-hybridized carbons (Fsp3) is 0.680. The van der Waals surface area contributed by atoms with Crippen LogP contribution in [0.3, 0.4) is 0 Å². The molecule has 7 nitrogen and oxygen atoms in total. The number of unbranched alkanes of at least 4 members (excludes halogenated alkanes) is 1. The van der Waals surface area contributed by atoms with Crippen molar-refractivity contribution < 1.29 is 33.9 Å². The SMILES string of the molecule is CCC(COCOC)C(/C=C/[C@H](O)[C@H](O)COCOC)CCCCOCc1ccccc1. The van der Waals surface area contributed by atoms with Crippen molar-refractivity contribution >= 4 is 0 Å². The van der Waals surface area contributed by atoms with E-state index in [0.717, 1.165) is 25.7 Å². The zero-order chi connectivity index (χ0) is 23.4. The van der Waals surface area contributed by atoms with Crippen molar-refractivity contribution in [1.29, 1.82) is 0 Å². The molecular formula is C25H42O7. The van der Waals surface area contributed by atoms with Gasteiger partial charge >= 0.3 is 0 Å². The molecular weight excluding hydrogens is 412 g/mol. The second-order valence-corrected chi connectivity index (χ2v) is 7.86. The van der Waals surface area contributed by atoms with Crippen molar-refractivity contribution in [2.24, 2.45) is 11.8 Å². The minimum atomic E-state index is -1.00. The van der Waals surface area contributed by atoms with Gasteiger partial charge in [0.05, 0.1) is 19.8 Å². The topological polar surface area (TPSA) is 86.6 Å². The lowest BCUT2D eigenvalue weighted by atomic mass is 9.85. The third-order valence-corrected chi connectivity index (χ3v) is 5.29. The molecule has 2 unspecified atom stereocenters. The van der Waals surface area contributed by atoms with Gasteiger partial charge in [-0.3, -0.25) is 0 Å². The molecule has 0 aliphatic rings. The van der Waals surface area contributed by atoms with Crippen LogP contribution in [0.15, 0.2) is 42.5 Å². The van der Waals surface area contributed by atoms with E-state index in [2.05, 4.69) is 19.1 Å². The van der Waals surface area contributed by atoms with Gasteiger partial charge in [-0.05, 0) is 30.2 Å². The van der Waals surface area contributed by atoms with Crippen LogP contribution in [-0.2, 0) is 30.3 Å². The van der Waals surface area contributed by atoms with E-state index in [1.807, 2.05) is 24.3 Å². The van der Waals surface area contributed by atoms with Crippen LogP contribution in [0.1, 0.15) is 38.2 Å². The fourth-order valence-corrected chi connectivity index (χ4v) is 3.40. The highest BCUT2D eigenvalue weighted by Gasteiger charge is 2.20. The second-order valence-electron chi connectivity index (χ2n) is 7.86. The summed E-state index contributed by atoms with van der Waals surface area (Å²) in [5, 5.41) is 20.3. The normalized spacial score (nSPS) is 15.7. The third kappa shape index (κ3) is 13.3. The van der Waals surface area contributed by atoms with E-state index in [9.17, 15) is 10.2 Å². The molecule has 4 atom stereocenters. The van der Waals surface area contributed by atoms with Crippen LogP contribution < -0.4 is 0 Å². The summed E-state index contributed by atoms with van der Waals surface area (Å²) in [7, 11) is 3.12. The Kier molecular flexibility index (Phi) is 17.2. The Morgan fingerprint density at radius 2 is 1.56 bits per heavy atom. The summed E-state index contributed by atoms with van der Waals surface area (Å²) < 4.78 is 26.3. The molecule has 0 spiro atoms. The van der Waals surface area contributed by atoms with Crippen LogP contribution in [0.4, 0.5) is 0 Å². The van der Waals surface area contributed by atoms with Crippen LogP contribution in [0.25, 0.3) is 0 Å². The van der Waals surface area contributed by atoms with Crippen molar-refractivity contribution in [1.82, 2.24) is 0 Å². The molecule has 1 aromatic carbocycles. The van der Waals surface area contributed by atoms with Crippen LogP contribution in [0.2, 0.25) is 0 Å². The number of hydrogen-bond acceptors (Lipinski definition) is 7. The van der Waals surface area contributed by atoms with Gasteiger partial charge in [0.2, 0.25) is 0 Å². The maximum Gasteiger partial charge on any atom is 0.146 e. The number of aliphatic hydroxyl groups is 2. The van der Waals surface area contributed by atoms with Gasteiger partial charge < -0.3 is 33.9 Å². The average molecular weight is 455 g/mol. The van der Waals surface area contributed by atoms with Crippen LogP contribution in [-0.4, -0.2) is 70.0 Å². The van der Waals surface area contributed by atoms with E-state index < -0.39 is 12.2 Å². The highest BCUT2D eigenvalue weighted by molar-refractivity contribution is 5.13. The number of rotatable bonds is 20. The van der Waals surface area contributed by atoms with Crippen LogP contribution in [0, 0.1) is 11.8 Å². The van der Waals surface area contributed by atoms with Crippen LogP contribution in [0.5, 0.6) is 0 Å². The zero-order valence-electron chi connectivity index (χ0n) is 19.9. The predicted molar refractivity (Wildman–Crippen MR) is 124 cm³/mol. The summed E-state index contributed by atoms with van der Waals surface area (Å²) in [6.07, 6.45) is 5.51. The lowest BCUT2D eigenvalue weighted by Crippen LogP contribution is -2.29. The summed E-state index contributed by atoms with van der Waals surface area (Å²) in [5.41, 5.74) is 1.18. The van der Waals surface area contributed by atoms with E-state index in [-0.39, 0.29) is 26.1 Å². The molecule has 7 heteroatoms. The quantitative estimate of drug-likeness (QED) is 0.177. The maximum absolute atomic E-state index is 10.3. The monoisotopic (exact) mass is 454 g/mol. The minimum absolute atomic E-state index is 0.0108. The Hall–Kier alpha value is -1.32. The maximum atomic E-state index is 10.3. The number of aliphatic hydroxyl groups excluding tert-OH is 2. The number of benzene rings is 1. The Balaban J connectivity index is 2.51. The Morgan fingerprint density at radius 1 is 0.875 bits per heavy atom. The summed E-state index contributed by atoms with van der Waals surface area (Å²) >= 11 is 0. The van der Waals surface area contributed by atoms with E-state index in [0.29, 0.717) is 25.7 Å². The van der Waals surface area contributed by atoms with Crippen LogP contribution >= 0.6 is 0 Å². The molecule has 0 aliphatic heterocycles. The molecule has 0 radical (unpaired) electrons. The standard InChI is InChI=1S/C25H42O7/c1-4-22(17-31-19-28-2)23(13-14-24(26)25(27)18-32-20-29-3)12-8-9-15-30-16-21-10-6-5-7-11-21/h5-7,10-11,13-14,22-27H,4,8-9,12,15-20H2,1-3H3/b14-13+/t22?,23?,24-,25+/m0/s1. The Bertz CT molecular complexity index is 567. The summed E-state index contributed by atoms with van der Waals surface area (Å²) in [6.45, 7) is 4.41.